The summed E-state index contributed by atoms with van der Waals surface area (Å²) in [4.78, 5) is 16.0. The minimum atomic E-state index is -0.126. The first kappa shape index (κ1) is 14.4. The van der Waals surface area contributed by atoms with Gasteiger partial charge in [-0.2, -0.15) is 5.48 Å². The van der Waals surface area contributed by atoms with E-state index in [1.54, 1.807) is 0 Å². The molecule has 3 heteroatoms. The maximum Gasteiger partial charge on any atom is 0.324 e. The fourth-order valence-corrected chi connectivity index (χ4v) is 1.33. The zero-order valence-electron chi connectivity index (χ0n) is 10.2. The van der Waals surface area contributed by atoms with Gasteiger partial charge in [-0.05, 0) is 12.8 Å². The molecule has 0 radical (unpaired) electrons. The second-order valence-electron chi connectivity index (χ2n) is 3.89. The fraction of sp³-hybridized carbons (Fsp3) is 0.917. The molecular formula is C12H25NO2. The van der Waals surface area contributed by atoms with Crippen LogP contribution in [0.15, 0.2) is 0 Å². The third kappa shape index (κ3) is 11.4. The van der Waals surface area contributed by atoms with Gasteiger partial charge in [-0.25, -0.2) is 0 Å². The first-order valence-electron chi connectivity index (χ1n) is 6.23. The van der Waals surface area contributed by atoms with Gasteiger partial charge in [0.15, 0.2) is 0 Å². The van der Waals surface area contributed by atoms with Crippen LogP contribution in [0.5, 0.6) is 0 Å². The average molecular weight is 215 g/mol. The van der Waals surface area contributed by atoms with E-state index >= 15 is 0 Å². The van der Waals surface area contributed by atoms with Crippen LogP contribution in [-0.4, -0.2) is 12.5 Å². The number of unbranched alkanes of at least 4 members (excludes halogenated alkanes) is 5. The molecule has 0 aromatic rings. The van der Waals surface area contributed by atoms with Gasteiger partial charge in [0.1, 0.15) is 0 Å². The van der Waals surface area contributed by atoms with Crippen LogP contribution in [0.2, 0.25) is 0 Å². The number of rotatable bonds is 10. The molecule has 0 rings (SSSR count). The Hall–Kier alpha value is -0.570. The van der Waals surface area contributed by atoms with E-state index in [4.69, 9.17) is 4.84 Å². The Kier molecular flexibility index (Phi) is 11.1. The van der Waals surface area contributed by atoms with Gasteiger partial charge in [0, 0.05) is 13.0 Å². The number of carbonyl (C=O) groups excluding carboxylic acids is 1. The molecule has 0 bridgehead atoms. The molecule has 90 valence electrons. The zero-order valence-corrected chi connectivity index (χ0v) is 10.2. The van der Waals surface area contributed by atoms with Crippen molar-refractivity contribution < 1.29 is 9.63 Å². The quantitative estimate of drug-likeness (QED) is 0.449. The van der Waals surface area contributed by atoms with Crippen LogP contribution < -0.4 is 5.48 Å². The van der Waals surface area contributed by atoms with Crippen molar-refractivity contribution in [3.8, 4) is 0 Å². The molecule has 0 saturated heterocycles. The highest BCUT2D eigenvalue weighted by molar-refractivity contribution is 5.68. The van der Waals surface area contributed by atoms with Crippen LogP contribution in [0.1, 0.15) is 65.2 Å². The highest BCUT2D eigenvalue weighted by Gasteiger charge is 2.01. The lowest BCUT2D eigenvalue weighted by molar-refractivity contribution is -0.151. The predicted octanol–water partition coefficient (Wildman–Crippen LogP) is 3.19. The van der Waals surface area contributed by atoms with E-state index in [2.05, 4.69) is 19.3 Å². The summed E-state index contributed by atoms with van der Waals surface area (Å²) >= 11 is 0. The zero-order chi connectivity index (χ0) is 11.4. The minimum Gasteiger partial charge on any atom is -0.371 e. The number of hydrogen-bond donors (Lipinski definition) is 1. The number of carbonyl (C=O) groups is 1. The maximum absolute atomic E-state index is 11.1. The van der Waals surface area contributed by atoms with Gasteiger partial charge in [-0.1, -0.05) is 46.0 Å². The molecule has 3 nitrogen and oxygen atoms in total. The highest BCUT2D eigenvalue weighted by Crippen LogP contribution is 2.00. The van der Waals surface area contributed by atoms with Crippen molar-refractivity contribution in [3.63, 3.8) is 0 Å². The molecule has 0 fully saturated rings. The van der Waals surface area contributed by atoms with Crippen molar-refractivity contribution in [1.29, 1.82) is 0 Å². The molecule has 0 aromatic heterocycles. The lowest BCUT2D eigenvalue weighted by Gasteiger charge is -2.05. The predicted molar refractivity (Wildman–Crippen MR) is 62.4 cm³/mol. The molecule has 0 amide bonds. The van der Waals surface area contributed by atoms with Gasteiger partial charge >= 0.3 is 5.97 Å². The molecular weight excluding hydrogens is 190 g/mol. The smallest absolute Gasteiger partial charge is 0.324 e. The number of hydrogen-bond acceptors (Lipinski definition) is 3. The molecule has 0 unspecified atom stereocenters. The summed E-state index contributed by atoms with van der Waals surface area (Å²) in [6.07, 6.45) is 8.49. The molecule has 0 aliphatic heterocycles. The van der Waals surface area contributed by atoms with E-state index in [0.29, 0.717) is 6.42 Å². The van der Waals surface area contributed by atoms with Gasteiger partial charge in [-0.3, -0.25) is 4.79 Å². The summed E-state index contributed by atoms with van der Waals surface area (Å²) in [5.74, 6) is -0.126. The van der Waals surface area contributed by atoms with E-state index in [9.17, 15) is 4.79 Å². The fourth-order valence-electron chi connectivity index (χ4n) is 1.33. The van der Waals surface area contributed by atoms with E-state index < -0.39 is 0 Å². The van der Waals surface area contributed by atoms with Crippen molar-refractivity contribution in [1.82, 2.24) is 5.48 Å². The maximum atomic E-state index is 11.1. The van der Waals surface area contributed by atoms with Crippen LogP contribution >= 0.6 is 0 Å². The monoisotopic (exact) mass is 215 g/mol. The van der Waals surface area contributed by atoms with Gasteiger partial charge in [0.25, 0.3) is 0 Å². The van der Waals surface area contributed by atoms with Crippen LogP contribution in [-0.2, 0) is 9.63 Å². The highest BCUT2D eigenvalue weighted by atomic mass is 16.7. The average Bonchev–Trinajstić information content (AvgIpc) is 2.23. The van der Waals surface area contributed by atoms with Crippen molar-refractivity contribution in [2.75, 3.05) is 6.54 Å². The molecule has 15 heavy (non-hydrogen) atoms. The van der Waals surface area contributed by atoms with Crippen molar-refractivity contribution in [2.45, 2.75) is 65.2 Å². The molecule has 0 aliphatic rings. The van der Waals surface area contributed by atoms with Gasteiger partial charge in [-0.15, -0.1) is 0 Å². The third-order valence-corrected chi connectivity index (χ3v) is 2.30. The largest absolute Gasteiger partial charge is 0.371 e. The number of nitrogens with one attached hydrogen (secondary N) is 1. The Morgan fingerprint density at radius 3 is 2.33 bits per heavy atom. The Morgan fingerprint density at radius 1 is 1.00 bits per heavy atom. The van der Waals surface area contributed by atoms with Crippen molar-refractivity contribution in [3.05, 3.63) is 0 Å². The summed E-state index contributed by atoms with van der Waals surface area (Å²) in [5.41, 5.74) is 2.72. The summed E-state index contributed by atoms with van der Waals surface area (Å²) in [6, 6.07) is 0. The molecule has 0 saturated carbocycles. The van der Waals surface area contributed by atoms with Gasteiger partial charge in [0.2, 0.25) is 0 Å². The van der Waals surface area contributed by atoms with Crippen LogP contribution in [0, 0.1) is 0 Å². The van der Waals surface area contributed by atoms with Gasteiger partial charge < -0.3 is 4.84 Å². The third-order valence-electron chi connectivity index (χ3n) is 2.30. The molecule has 0 spiro atoms. The summed E-state index contributed by atoms with van der Waals surface area (Å²) in [5, 5.41) is 0. The summed E-state index contributed by atoms with van der Waals surface area (Å²) in [7, 11) is 0. The summed E-state index contributed by atoms with van der Waals surface area (Å²) in [6.45, 7) is 5.08. The second kappa shape index (κ2) is 11.5. The number of hydroxylamine groups is 1. The molecule has 0 aromatic carbocycles. The van der Waals surface area contributed by atoms with Crippen LogP contribution in [0.3, 0.4) is 0 Å². The van der Waals surface area contributed by atoms with E-state index in [1.807, 2.05) is 0 Å². The second-order valence-corrected chi connectivity index (χ2v) is 3.89. The molecule has 0 heterocycles. The lowest BCUT2D eigenvalue weighted by Crippen LogP contribution is -2.20. The van der Waals surface area contributed by atoms with Gasteiger partial charge in [0.05, 0.1) is 0 Å². The Labute approximate surface area is 93.5 Å². The van der Waals surface area contributed by atoms with Crippen molar-refractivity contribution in [2.24, 2.45) is 0 Å². The first-order chi connectivity index (χ1) is 7.31. The molecule has 0 aliphatic carbocycles. The lowest BCUT2D eigenvalue weighted by atomic mass is 10.2. The minimum absolute atomic E-state index is 0.126. The normalized spacial score (nSPS) is 10.3. The SMILES string of the molecule is CCCCCCNOC(=O)CCCCC. The first-order valence-corrected chi connectivity index (χ1v) is 6.23. The van der Waals surface area contributed by atoms with E-state index in [1.165, 1.54) is 19.3 Å². The Morgan fingerprint density at radius 2 is 1.67 bits per heavy atom. The van der Waals surface area contributed by atoms with Crippen LogP contribution in [0.4, 0.5) is 0 Å². The standard InChI is InChI=1S/C12H25NO2/c1-3-5-7-9-11-13-15-12(14)10-8-6-4-2/h13H,3-11H2,1-2H3. The van der Waals surface area contributed by atoms with Crippen LogP contribution in [0.25, 0.3) is 0 Å². The Balaban J connectivity index is 3.10. The van der Waals surface area contributed by atoms with E-state index in [-0.39, 0.29) is 5.97 Å². The molecule has 1 N–H and O–H groups in total. The Bertz CT molecular complexity index is 149. The van der Waals surface area contributed by atoms with E-state index in [0.717, 1.165) is 32.2 Å². The van der Waals surface area contributed by atoms with Crippen molar-refractivity contribution >= 4 is 5.97 Å². The molecule has 0 atom stereocenters. The topological polar surface area (TPSA) is 38.3 Å². The summed E-state index contributed by atoms with van der Waals surface area (Å²) < 4.78 is 0.